The molecule has 0 saturated carbocycles. The quantitative estimate of drug-likeness (QED) is 0.354. The molecule has 0 radical (unpaired) electrons. The summed E-state index contributed by atoms with van der Waals surface area (Å²) in [5.41, 5.74) is 3.08. The summed E-state index contributed by atoms with van der Waals surface area (Å²) in [5.74, 6) is -0.219. The third-order valence-corrected chi connectivity index (χ3v) is 8.55. The second kappa shape index (κ2) is 13.3. The minimum absolute atomic E-state index is 0.0673. The number of hydrogen-bond donors (Lipinski definition) is 1. The maximum Gasteiger partial charge on any atom is 0.264 e. The molecule has 0 bridgehead atoms. The Hall–Kier alpha value is -4.05. The van der Waals surface area contributed by atoms with Crippen LogP contribution in [0.25, 0.3) is 0 Å². The molecular weight excluding hydrogens is 530 g/mol. The lowest BCUT2D eigenvalue weighted by atomic mass is 10.1. The molecule has 40 heavy (non-hydrogen) atoms. The van der Waals surface area contributed by atoms with Gasteiger partial charge >= 0.3 is 0 Å². The van der Waals surface area contributed by atoms with E-state index in [4.69, 9.17) is 9.47 Å². The minimum Gasteiger partial charge on any atom is -0.493 e. The monoisotopic (exact) mass is 567 g/mol. The number of methoxy groups -OCH3 is 2. The van der Waals surface area contributed by atoms with E-state index in [2.05, 4.69) is 5.32 Å². The van der Waals surface area contributed by atoms with E-state index in [1.807, 2.05) is 45.0 Å². The SMILES string of the molecule is CCC(C(=O)NC)N(Cc1ccccc1C)C(=O)CN(c1ccc(C)cc1)S(=O)(=O)c1ccc(OC)c(OC)c1. The van der Waals surface area contributed by atoms with E-state index in [0.29, 0.717) is 17.9 Å². The Balaban J connectivity index is 2.10. The van der Waals surface area contributed by atoms with Crippen LogP contribution in [0.1, 0.15) is 30.0 Å². The van der Waals surface area contributed by atoms with Crippen LogP contribution in [-0.4, -0.2) is 59.0 Å². The summed E-state index contributed by atoms with van der Waals surface area (Å²) in [7, 11) is 0.153. The van der Waals surface area contributed by atoms with Crippen molar-refractivity contribution in [1.82, 2.24) is 10.2 Å². The van der Waals surface area contributed by atoms with Crippen molar-refractivity contribution in [3.63, 3.8) is 0 Å². The zero-order valence-electron chi connectivity index (χ0n) is 23.8. The molecule has 0 spiro atoms. The Labute approximate surface area is 236 Å². The van der Waals surface area contributed by atoms with Gasteiger partial charge in [-0.3, -0.25) is 13.9 Å². The predicted octanol–water partition coefficient (Wildman–Crippen LogP) is 4.07. The maximum absolute atomic E-state index is 14.1. The molecule has 2 amide bonds. The second-order valence-corrected chi connectivity index (χ2v) is 11.2. The number of carbonyl (C=O) groups excluding carboxylic acids is 2. The molecule has 1 N–H and O–H groups in total. The molecule has 3 aromatic rings. The van der Waals surface area contributed by atoms with Crippen LogP contribution in [0, 0.1) is 13.8 Å². The molecule has 0 fully saturated rings. The first-order valence-electron chi connectivity index (χ1n) is 12.9. The number of amides is 2. The number of anilines is 1. The number of rotatable bonds is 12. The van der Waals surface area contributed by atoms with Gasteiger partial charge in [0.25, 0.3) is 10.0 Å². The Morgan fingerprint density at radius 3 is 2.15 bits per heavy atom. The summed E-state index contributed by atoms with van der Waals surface area (Å²) in [6.45, 7) is 5.27. The molecule has 9 nitrogen and oxygen atoms in total. The van der Waals surface area contributed by atoms with Gasteiger partial charge in [-0.2, -0.15) is 0 Å². The van der Waals surface area contributed by atoms with Crippen molar-refractivity contribution in [3.8, 4) is 11.5 Å². The molecule has 10 heteroatoms. The smallest absolute Gasteiger partial charge is 0.264 e. The summed E-state index contributed by atoms with van der Waals surface area (Å²) in [4.78, 5) is 28.3. The molecule has 3 rings (SSSR count). The first kappa shape index (κ1) is 30.5. The minimum atomic E-state index is -4.24. The molecule has 0 aliphatic rings. The van der Waals surface area contributed by atoms with E-state index in [-0.39, 0.29) is 23.1 Å². The lowest BCUT2D eigenvalue weighted by molar-refractivity contribution is -0.140. The molecule has 0 aliphatic carbocycles. The van der Waals surface area contributed by atoms with Crippen molar-refractivity contribution < 1.29 is 27.5 Å². The van der Waals surface area contributed by atoms with Crippen molar-refractivity contribution in [2.75, 3.05) is 32.1 Å². The first-order chi connectivity index (χ1) is 19.1. The highest BCUT2D eigenvalue weighted by Gasteiger charge is 2.34. The topological polar surface area (TPSA) is 105 Å². The van der Waals surface area contributed by atoms with Crippen LogP contribution in [0.5, 0.6) is 11.5 Å². The van der Waals surface area contributed by atoms with Crippen LogP contribution in [-0.2, 0) is 26.2 Å². The third kappa shape index (κ3) is 6.74. The van der Waals surface area contributed by atoms with Crippen LogP contribution in [0.2, 0.25) is 0 Å². The predicted molar refractivity (Wildman–Crippen MR) is 155 cm³/mol. The summed E-state index contributed by atoms with van der Waals surface area (Å²) in [6, 6.07) is 17.9. The lowest BCUT2D eigenvalue weighted by Gasteiger charge is -2.33. The molecule has 3 aromatic carbocycles. The average molecular weight is 568 g/mol. The van der Waals surface area contributed by atoms with Gasteiger partial charge in [0, 0.05) is 19.7 Å². The van der Waals surface area contributed by atoms with Crippen LogP contribution in [0.15, 0.2) is 71.6 Å². The van der Waals surface area contributed by atoms with Gasteiger partial charge in [-0.25, -0.2) is 8.42 Å². The van der Waals surface area contributed by atoms with Gasteiger partial charge in [0.05, 0.1) is 24.8 Å². The van der Waals surface area contributed by atoms with Crippen LogP contribution < -0.4 is 19.1 Å². The second-order valence-electron chi connectivity index (χ2n) is 9.35. The van der Waals surface area contributed by atoms with E-state index in [1.165, 1.54) is 44.4 Å². The zero-order chi connectivity index (χ0) is 29.4. The third-order valence-electron chi connectivity index (χ3n) is 6.78. The molecule has 1 atom stereocenters. The van der Waals surface area contributed by atoms with Gasteiger partial charge in [-0.15, -0.1) is 0 Å². The number of benzene rings is 3. The van der Waals surface area contributed by atoms with E-state index in [0.717, 1.165) is 21.0 Å². The number of nitrogens with one attached hydrogen (secondary N) is 1. The molecule has 0 heterocycles. The number of ether oxygens (including phenoxy) is 2. The van der Waals surface area contributed by atoms with Crippen molar-refractivity contribution >= 4 is 27.5 Å². The van der Waals surface area contributed by atoms with Crippen LogP contribution in [0.3, 0.4) is 0 Å². The number of nitrogens with zero attached hydrogens (tertiary/aromatic N) is 2. The highest BCUT2D eigenvalue weighted by atomic mass is 32.2. The van der Waals surface area contributed by atoms with Crippen molar-refractivity contribution in [2.24, 2.45) is 0 Å². The van der Waals surface area contributed by atoms with E-state index in [1.54, 1.807) is 24.3 Å². The molecule has 0 aliphatic heterocycles. The number of sulfonamides is 1. The van der Waals surface area contributed by atoms with Gasteiger partial charge in [0.2, 0.25) is 11.8 Å². The summed E-state index contributed by atoms with van der Waals surface area (Å²) in [5, 5.41) is 2.63. The van der Waals surface area contributed by atoms with Crippen molar-refractivity contribution in [1.29, 1.82) is 0 Å². The Morgan fingerprint density at radius 2 is 1.57 bits per heavy atom. The average Bonchev–Trinajstić information content (AvgIpc) is 2.96. The van der Waals surface area contributed by atoms with Crippen molar-refractivity contribution in [3.05, 3.63) is 83.4 Å². The number of carbonyl (C=O) groups is 2. The first-order valence-corrected chi connectivity index (χ1v) is 14.4. The summed E-state index contributed by atoms with van der Waals surface area (Å²) in [6.07, 6.45) is 0.351. The van der Waals surface area contributed by atoms with Gasteiger partial charge < -0.3 is 19.7 Å². The standard InChI is InChI=1S/C30H37N3O6S/c1-7-26(30(35)31-4)32(19-23-11-9-8-10-22(23)3)29(34)20-33(24-14-12-21(2)13-15-24)40(36,37)25-16-17-27(38-5)28(18-25)39-6/h8-18,26H,7,19-20H2,1-6H3,(H,31,35). The molecule has 214 valence electrons. The highest BCUT2D eigenvalue weighted by molar-refractivity contribution is 7.92. The molecular formula is C30H37N3O6S. The van der Waals surface area contributed by atoms with Gasteiger partial charge in [0.15, 0.2) is 11.5 Å². The Morgan fingerprint density at radius 1 is 0.925 bits per heavy atom. The summed E-state index contributed by atoms with van der Waals surface area (Å²) < 4.78 is 39.8. The van der Waals surface area contributed by atoms with Crippen LogP contribution in [0.4, 0.5) is 5.69 Å². The largest absolute Gasteiger partial charge is 0.493 e. The lowest BCUT2D eigenvalue weighted by Crippen LogP contribution is -2.51. The Kier molecular flexibility index (Phi) is 10.2. The van der Waals surface area contributed by atoms with Gasteiger partial charge in [0.1, 0.15) is 12.6 Å². The fourth-order valence-electron chi connectivity index (χ4n) is 4.40. The van der Waals surface area contributed by atoms with E-state index < -0.39 is 28.5 Å². The number of hydrogen-bond acceptors (Lipinski definition) is 6. The van der Waals surface area contributed by atoms with Crippen LogP contribution >= 0.6 is 0 Å². The summed E-state index contributed by atoms with van der Waals surface area (Å²) >= 11 is 0. The van der Waals surface area contributed by atoms with Gasteiger partial charge in [-0.1, -0.05) is 48.9 Å². The van der Waals surface area contributed by atoms with Crippen molar-refractivity contribution in [2.45, 2.75) is 44.7 Å². The molecule has 0 aromatic heterocycles. The Bertz CT molecular complexity index is 1440. The molecule has 1 unspecified atom stereocenters. The zero-order valence-corrected chi connectivity index (χ0v) is 24.6. The fourth-order valence-corrected chi connectivity index (χ4v) is 5.83. The van der Waals surface area contributed by atoms with E-state index in [9.17, 15) is 18.0 Å². The maximum atomic E-state index is 14.1. The number of aryl methyl sites for hydroxylation is 2. The highest BCUT2D eigenvalue weighted by Crippen LogP contribution is 2.32. The van der Waals surface area contributed by atoms with E-state index >= 15 is 0 Å². The number of likely N-dealkylation sites (N-methyl/N-ethyl adjacent to an activating group) is 1. The molecule has 0 saturated heterocycles. The normalized spacial score (nSPS) is 11.8. The van der Waals surface area contributed by atoms with Gasteiger partial charge in [-0.05, 0) is 55.7 Å². The fraction of sp³-hybridized carbons (Fsp3) is 0.333.